The smallest absolute Gasteiger partial charge is 0.412 e. The van der Waals surface area contributed by atoms with Crippen molar-refractivity contribution in [2.75, 3.05) is 41.7 Å². The molecule has 0 saturated carbocycles. The van der Waals surface area contributed by atoms with E-state index in [9.17, 15) is 18.8 Å². The number of hydrogen-bond donors (Lipinski definition) is 2. The fourth-order valence-electron chi connectivity index (χ4n) is 4.24. The Morgan fingerprint density at radius 1 is 0.829 bits per heavy atom. The maximum atomic E-state index is 14.0. The number of amides is 3. The van der Waals surface area contributed by atoms with E-state index in [0.717, 1.165) is 17.1 Å². The van der Waals surface area contributed by atoms with Gasteiger partial charge in [-0.3, -0.25) is 15.1 Å². The Morgan fingerprint density at radius 2 is 1.51 bits per heavy atom. The van der Waals surface area contributed by atoms with Gasteiger partial charge in [0.05, 0.1) is 22.5 Å². The minimum Gasteiger partial charge on any atom is -0.444 e. The lowest BCUT2D eigenvalue weighted by molar-refractivity contribution is 0.0240. The molecular formula is C30H36FN5O5. The van der Waals surface area contributed by atoms with Gasteiger partial charge in [0.1, 0.15) is 17.0 Å². The SMILES string of the molecule is CC(C)(C)OC(=O)Nc1ccc(F)cc1NC(=O)c1cnc2cc(N3CCN(C(=O)OC(C)(C)C)CC3)ccc2c1. The molecular weight excluding hydrogens is 529 g/mol. The van der Waals surface area contributed by atoms with Gasteiger partial charge in [-0.15, -0.1) is 0 Å². The minimum absolute atomic E-state index is 0.0850. The summed E-state index contributed by atoms with van der Waals surface area (Å²) in [5.74, 6) is -1.09. The number of piperazine rings is 1. The second-order valence-electron chi connectivity index (χ2n) is 11.8. The molecule has 2 aromatic carbocycles. The molecule has 0 bridgehead atoms. The number of nitrogens with zero attached hydrogens (tertiary/aromatic N) is 3. The fourth-order valence-corrected chi connectivity index (χ4v) is 4.24. The summed E-state index contributed by atoms with van der Waals surface area (Å²) < 4.78 is 24.7. The van der Waals surface area contributed by atoms with Crippen LogP contribution in [0.25, 0.3) is 10.9 Å². The first-order valence-corrected chi connectivity index (χ1v) is 13.4. The third-order valence-corrected chi connectivity index (χ3v) is 6.09. The molecule has 1 saturated heterocycles. The molecule has 0 unspecified atom stereocenters. The van der Waals surface area contributed by atoms with Crippen molar-refractivity contribution >= 4 is 46.1 Å². The first-order chi connectivity index (χ1) is 19.2. The van der Waals surface area contributed by atoms with E-state index in [1.54, 1.807) is 31.7 Å². The number of carbonyl (C=O) groups is 3. The molecule has 0 radical (unpaired) electrons. The average Bonchev–Trinajstić information content (AvgIpc) is 2.87. The van der Waals surface area contributed by atoms with E-state index >= 15 is 0 Å². The lowest BCUT2D eigenvalue weighted by Gasteiger charge is -2.36. The van der Waals surface area contributed by atoms with Crippen molar-refractivity contribution in [3.63, 3.8) is 0 Å². The summed E-state index contributed by atoms with van der Waals surface area (Å²) in [5, 5.41) is 5.95. The average molecular weight is 566 g/mol. The van der Waals surface area contributed by atoms with Crippen LogP contribution in [-0.4, -0.2) is 65.4 Å². The molecule has 0 aliphatic carbocycles. The quantitative estimate of drug-likeness (QED) is 0.397. The highest BCUT2D eigenvalue weighted by molar-refractivity contribution is 6.08. The van der Waals surface area contributed by atoms with E-state index in [0.29, 0.717) is 31.7 Å². The lowest BCUT2D eigenvalue weighted by atomic mass is 10.1. The zero-order valence-corrected chi connectivity index (χ0v) is 24.2. The van der Waals surface area contributed by atoms with Gasteiger partial charge in [0, 0.05) is 43.4 Å². The van der Waals surface area contributed by atoms with E-state index < -0.39 is 29.0 Å². The summed E-state index contributed by atoms with van der Waals surface area (Å²) in [6, 6.07) is 11.1. The van der Waals surface area contributed by atoms with Crippen molar-refractivity contribution in [1.29, 1.82) is 0 Å². The Bertz CT molecular complexity index is 1460. The molecule has 0 atom stereocenters. The predicted octanol–water partition coefficient (Wildman–Crippen LogP) is 6.03. The summed E-state index contributed by atoms with van der Waals surface area (Å²) >= 11 is 0. The molecule has 41 heavy (non-hydrogen) atoms. The highest BCUT2D eigenvalue weighted by atomic mass is 19.1. The Hall–Kier alpha value is -4.41. The number of rotatable bonds is 4. The number of hydrogen-bond acceptors (Lipinski definition) is 7. The number of carbonyl (C=O) groups excluding carboxylic acids is 3. The summed E-state index contributed by atoms with van der Waals surface area (Å²) in [5.41, 5.74) is 0.948. The van der Waals surface area contributed by atoms with Crippen LogP contribution in [-0.2, 0) is 9.47 Å². The number of pyridine rings is 1. The number of anilines is 3. The normalized spacial score (nSPS) is 14.0. The van der Waals surface area contributed by atoms with Gasteiger partial charge in [0.25, 0.3) is 5.91 Å². The minimum atomic E-state index is -0.728. The maximum Gasteiger partial charge on any atom is 0.412 e. The first-order valence-electron chi connectivity index (χ1n) is 13.4. The van der Waals surface area contributed by atoms with Crippen molar-refractivity contribution in [3.05, 3.63) is 60.0 Å². The number of nitrogens with one attached hydrogen (secondary N) is 2. The van der Waals surface area contributed by atoms with Gasteiger partial charge in [-0.1, -0.05) is 6.07 Å². The molecule has 2 N–H and O–H groups in total. The van der Waals surface area contributed by atoms with Crippen LogP contribution in [0.4, 0.5) is 31.0 Å². The number of fused-ring (bicyclic) bond motifs is 1. The van der Waals surface area contributed by atoms with Crippen LogP contribution in [0.2, 0.25) is 0 Å². The third-order valence-electron chi connectivity index (χ3n) is 6.09. The molecule has 218 valence electrons. The van der Waals surface area contributed by atoms with Gasteiger partial charge in [-0.2, -0.15) is 0 Å². The Morgan fingerprint density at radius 3 is 2.17 bits per heavy atom. The molecule has 1 aliphatic rings. The largest absolute Gasteiger partial charge is 0.444 e. The molecule has 4 rings (SSSR count). The van der Waals surface area contributed by atoms with Gasteiger partial charge in [-0.05, 0) is 77.9 Å². The van der Waals surface area contributed by atoms with Gasteiger partial charge >= 0.3 is 12.2 Å². The summed E-state index contributed by atoms with van der Waals surface area (Å²) in [6.07, 6.45) is 0.408. The van der Waals surface area contributed by atoms with Crippen LogP contribution in [0, 0.1) is 5.82 Å². The molecule has 3 amide bonds. The maximum absolute atomic E-state index is 14.0. The van der Waals surface area contributed by atoms with Crippen molar-refractivity contribution in [3.8, 4) is 0 Å². The number of halogens is 1. The Kier molecular flexibility index (Phi) is 8.37. The van der Waals surface area contributed by atoms with Gasteiger partial charge < -0.3 is 24.6 Å². The van der Waals surface area contributed by atoms with E-state index in [-0.39, 0.29) is 23.0 Å². The van der Waals surface area contributed by atoms with Crippen LogP contribution in [0.5, 0.6) is 0 Å². The van der Waals surface area contributed by atoms with E-state index in [4.69, 9.17) is 9.47 Å². The molecule has 0 spiro atoms. The molecule has 3 aromatic rings. The van der Waals surface area contributed by atoms with Gasteiger partial charge in [-0.25, -0.2) is 14.0 Å². The first kappa shape index (κ1) is 29.6. The molecule has 10 nitrogen and oxygen atoms in total. The topological polar surface area (TPSA) is 113 Å². The summed E-state index contributed by atoms with van der Waals surface area (Å²) in [4.78, 5) is 46.0. The highest BCUT2D eigenvalue weighted by Crippen LogP contribution is 2.26. The molecule has 11 heteroatoms. The third kappa shape index (κ3) is 8.06. The van der Waals surface area contributed by atoms with E-state index in [1.807, 2.05) is 39.0 Å². The lowest BCUT2D eigenvalue weighted by Crippen LogP contribution is -2.50. The highest BCUT2D eigenvalue weighted by Gasteiger charge is 2.26. The van der Waals surface area contributed by atoms with Crippen molar-refractivity contribution < 1.29 is 28.2 Å². The standard InChI is InChI=1S/C30H36FN5O5/c1-29(2,3)40-27(38)34-23-10-8-21(31)16-25(23)33-26(37)20-15-19-7-9-22(17-24(19)32-18-20)35-11-13-36(14-12-35)28(39)41-30(4,5)6/h7-10,15-18H,11-14H2,1-6H3,(H,33,37)(H,34,38). The second-order valence-corrected chi connectivity index (χ2v) is 11.8. The summed E-state index contributed by atoms with van der Waals surface area (Å²) in [6.45, 7) is 13.1. The van der Waals surface area contributed by atoms with Crippen molar-refractivity contribution in [1.82, 2.24) is 9.88 Å². The second kappa shape index (κ2) is 11.6. The van der Waals surface area contributed by atoms with Crippen LogP contribution in [0.15, 0.2) is 48.7 Å². The van der Waals surface area contributed by atoms with Crippen LogP contribution < -0.4 is 15.5 Å². The van der Waals surface area contributed by atoms with Crippen molar-refractivity contribution in [2.24, 2.45) is 0 Å². The number of ether oxygens (including phenoxy) is 2. The number of benzene rings is 2. The zero-order valence-electron chi connectivity index (χ0n) is 24.2. The monoisotopic (exact) mass is 565 g/mol. The number of aromatic nitrogens is 1. The van der Waals surface area contributed by atoms with Crippen LogP contribution >= 0.6 is 0 Å². The van der Waals surface area contributed by atoms with Crippen molar-refractivity contribution in [2.45, 2.75) is 52.7 Å². The van der Waals surface area contributed by atoms with Gasteiger partial charge in [0.2, 0.25) is 0 Å². The van der Waals surface area contributed by atoms with Gasteiger partial charge in [0.15, 0.2) is 0 Å². The summed E-state index contributed by atoms with van der Waals surface area (Å²) in [7, 11) is 0. The molecule has 1 fully saturated rings. The fraction of sp³-hybridized carbons (Fsp3) is 0.400. The van der Waals surface area contributed by atoms with E-state index in [1.165, 1.54) is 18.3 Å². The van der Waals surface area contributed by atoms with Crippen LogP contribution in [0.1, 0.15) is 51.9 Å². The molecule has 1 aliphatic heterocycles. The Balaban J connectivity index is 1.43. The predicted molar refractivity (Wildman–Crippen MR) is 156 cm³/mol. The zero-order chi connectivity index (χ0) is 29.9. The van der Waals surface area contributed by atoms with Crippen LogP contribution in [0.3, 0.4) is 0 Å². The van der Waals surface area contributed by atoms with E-state index in [2.05, 4.69) is 20.5 Å². The molecule has 1 aromatic heterocycles. The Labute approximate surface area is 238 Å². The molecule has 2 heterocycles.